The van der Waals surface area contributed by atoms with Gasteiger partial charge in [-0.2, -0.15) is 18.2 Å². The van der Waals surface area contributed by atoms with Crippen LogP contribution in [0.2, 0.25) is 5.02 Å². The number of nitrogens with one attached hydrogen (secondary N) is 1. The number of benzene rings is 2. The first-order valence-electron chi connectivity index (χ1n) is 7.44. The van der Waals surface area contributed by atoms with Crippen LogP contribution in [-0.2, 0) is 4.79 Å². The molecule has 0 aliphatic carbocycles. The molecule has 1 fully saturated rings. The molecule has 0 aromatic heterocycles. The molecule has 1 N–H and O–H groups in total. The highest BCUT2D eigenvalue weighted by Gasteiger charge is 2.54. The Bertz CT molecular complexity index is 804. The molecule has 1 heterocycles. The van der Waals surface area contributed by atoms with Crippen LogP contribution in [0.5, 0.6) is 0 Å². The minimum Gasteiger partial charge on any atom is -0.287 e. The zero-order chi connectivity index (χ0) is 17.7. The first-order valence-corrected chi connectivity index (χ1v) is 7.82. The van der Waals surface area contributed by atoms with Crippen molar-refractivity contribution < 1.29 is 18.0 Å². The molecule has 0 unspecified atom stereocenters. The van der Waals surface area contributed by atoms with Crippen molar-refractivity contribution in [2.45, 2.75) is 38.0 Å². The summed E-state index contributed by atoms with van der Waals surface area (Å²) >= 11 is 6.17. The fourth-order valence-corrected chi connectivity index (χ4v) is 3.47. The van der Waals surface area contributed by atoms with Crippen LogP contribution in [-0.4, -0.2) is 22.6 Å². The molecule has 0 saturated carbocycles. The first-order chi connectivity index (χ1) is 11.1. The van der Waals surface area contributed by atoms with Gasteiger partial charge >= 0.3 is 6.18 Å². The van der Waals surface area contributed by atoms with Crippen LogP contribution in [0.4, 0.5) is 13.2 Å². The van der Waals surface area contributed by atoms with Crippen molar-refractivity contribution in [1.82, 2.24) is 10.4 Å². The Morgan fingerprint density at radius 3 is 2.46 bits per heavy atom. The highest BCUT2D eigenvalue weighted by molar-refractivity contribution is 6.32. The lowest BCUT2D eigenvalue weighted by Crippen LogP contribution is -2.51. The molecule has 2 aromatic carbocycles. The Morgan fingerprint density at radius 1 is 1.21 bits per heavy atom. The molecule has 7 heteroatoms. The molecular weight excluding hydrogens is 341 g/mol. The van der Waals surface area contributed by atoms with E-state index in [1.165, 1.54) is 6.07 Å². The van der Waals surface area contributed by atoms with Gasteiger partial charge in [-0.1, -0.05) is 41.9 Å². The number of amides is 1. The molecular formula is C17H16ClF3N2O. The average Bonchev–Trinajstić information content (AvgIpc) is 2.73. The summed E-state index contributed by atoms with van der Waals surface area (Å²) < 4.78 is 42.0. The van der Waals surface area contributed by atoms with Gasteiger partial charge in [0.05, 0.1) is 0 Å². The van der Waals surface area contributed by atoms with Crippen LogP contribution in [0.25, 0.3) is 10.8 Å². The molecule has 128 valence electrons. The summed E-state index contributed by atoms with van der Waals surface area (Å²) in [6.45, 7) is 3.20. The highest BCUT2D eigenvalue weighted by Crippen LogP contribution is 2.46. The number of fused-ring (bicyclic) bond motifs is 1. The zero-order valence-corrected chi connectivity index (χ0v) is 13.9. The molecule has 1 aliphatic rings. The fraction of sp³-hybridized carbons (Fsp3) is 0.353. The molecule has 0 bridgehead atoms. The molecule has 0 radical (unpaired) electrons. The lowest BCUT2D eigenvalue weighted by Gasteiger charge is -2.38. The largest absolute Gasteiger partial charge is 0.409 e. The van der Waals surface area contributed by atoms with E-state index in [0.29, 0.717) is 10.8 Å². The molecule has 2 aromatic rings. The number of carbonyl (C=O) groups excluding carboxylic acids is 1. The lowest BCUT2D eigenvalue weighted by atomic mass is 9.93. The van der Waals surface area contributed by atoms with E-state index in [4.69, 9.17) is 11.6 Å². The van der Waals surface area contributed by atoms with Crippen LogP contribution in [0.1, 0.15) is 31.9 Å². The van der Waals surface area contributed by atoms with Gasteiger partial charge in [0.25, 0.3) is 0 Å². The smallest absolute Gasteiger partial charge is 0.287 e. The Kier molecular flexibility index (Phi) is 4.00. The van der Waals surface area contributed by atoms with Gasteiger partial charge in [-0.25, -0.2) is 0 Å². The summed E-state index contributed by atoms with van der Waals surface area (Å²) in [5, 5.41) is 2.08. The normalized spacial score (nSPS) is 19.5. The van der Waals surface area contributed by atoms with Gasteiger partial charge in [-0.05, 0) is 30.7 Å². The van der Waals surface area contributed by atoms with Crippen LogP contribution in [0.15, 0.2) is 36.4 Å². The van der Waals surface area contributed by atoms with E-state index in [1.54, 1.807) is 44.2 Å². The van der Waals surface area contributed by atoms with E-state index in [-0.39, 0.29) is 17.0 Å². The summed E-state index contributed by atoms with van der Waals surface area (Å²) in [6.07, 6.45) is -4.62. The average molecular weight is 357 g/mol. The Morgan fingerprint density at radius 2 is 1.88 bits per heavy atom. The van der Waals surface area contributed by atoms with Crippen LogP contribution in [0, 0.1) is 0 Å². The number of rotatable bonds is 2. The fourth-order valence-electron chi connectivity index (χ4n) is 3.20. The van der Waals surface area contributed by atoms with E-state index in [2.05, 4.69) is 5.43 Å². The Hall–Kier alpha value is -1.79. The van der Waals surface area contributed by atoms with Gasteiger partial charge in [0, 0.05) is 22.5 Å². The number of hydrogen-bond donors (Lipinski definition) is 1. The summed E-state index contributed by atoms with van der Waals surface area (Å²) in [6, 6.07) is 7.88. The topological polar surface area (TPSA) is 32.3 Å². The van der Waals surface area contributed by atoms with Crippen molar-refractivity contribution >= 4 is 28.3 Å². The van der Waals surface area contributed by atoms with Gasteiger partial charge in [0.15, 0.2) is 6.04 Å². The summed E-state index contributed by atoms with van der Waals surface area (Å²) in [7, 11) is 0. The molecule has 1 amide bonds. The number of halogens is 4. The number of hydrazine groups is 1. The van der Waals surface area contributed by atoms with Gasteiger partial charge in [0.1, 0.15) is 0 Å². The predicted octanol–water partition coefficient (Wildman–Crippen LogP) is 4.61. The molecule has 1 aliphatic heterocycles. The standard InChI is InChI=1S/C17H16ClF3N2O/c1-16(2)9-13(24)22-23(16)15(17(19,20)21)14-11-6-4-3-5-10(11)7-8-12(14)18/h3-8,15H,9H2,1-2H3,(H,22,24)/t15-/m0/s1. The molecule has 3 rings (SSSR count). The SMILES string of the molecule is CC1(C)CC(=O)NN1[C@@H](c1c(Cl)ccc2ccccc12)C(F)(F)F. The van der Waals surface area contributed by atoms with Crippen LogP contribution < -0.4 is 5.43 Å². The third-order valence-electron chi connectivity index (χ3n) is 4.25. The number of carbonyl (C=O) groups is 1. The third-order valence-corrected chi connectivity index (χ3v) is 4.58. The van der Waals surface area contributed by atoms with Crippen LogP contribution >= 0.6 is 11.6 Å². The maximum Gasteiger partial charge on any atom is 0.409 e. The quantitative estimate of drug-likeness (QED) is 0.852. The number of nitrogens with zero attached hydrogens (tertiary/aromatic N) is 1. The maximum atomic E-state index is 14.0. The zero-order valence-electron chi connectivity index (χ0n) is 13.1. The minimum absolute atomic E-state index is 0.0119. The monoisotopic (exact) mass is 356 g/mol. The Labute approximate surface area is 142 Å². The highest BCUT2D eigenvalue weighted by atomic mass is 35.5. The maximum absolute atomic E-state index is 14.0. The molecule has 1 saturated heterocycles. The van der Waals surface area contributed by atoms with E-state index in [0.717, 1.165) is 5.01 Å². The molecule has 1 atom stereocenters. The number of hydrogen-bond acceptors (Lipinski definition) is 2. The lowest BCUT2D eigenvalue weighted by molar-refractivity contribution is -0.203. The molecule has 24 heavy (non-hydrogen) atoms. The predicted molar refractivity (Wildman–Crippen MR) is 86.4 cm³/mol. The van der Waals surface area contributed by atoms with Crippen molar-refractivity contribution in [2.24, 2.45) is 0 Å². The van der Waals surface area contributed by atoms with Gasteiger partial charge < -0.3 is 0 Å². The second-order valence-corrected chi connectivity index (χ2v) is 6.93. The van der Waals surface area contributed by atoms with Crippen LogP contribution in [0.3, 0.4) is 0 Å². The molecule has 3 nitrogen and oxygen atoms in total. The first kappa shape index (κ1) is 17.0. The molecule has 0 spiro atoms. The van der Waals surface area contributed by atoms with Crippen molar-refractivity contribution in [1.29, 1.82) is 0 Å². The minimum atomic E-state index is -4.61. The second-order valence-electron chi connectivity index (χ2n) is 6.52. The van der Waals surface area contributed by atoms with E-state index >= 15 is 0 Å². The van der Waals surface area contributed by atoms with Crippen molar-refractivity contribution in [3.63, 3.8) is 0 Å². The van der Waals surface area contributed by atoms with Crippen molar-refractivity contribution in [3.8, 4) is 0 Å². The van der Waals surface area contributed by atoms with Gasteiger partial charge in [-0.3, -0.25) is 10.2 Å². The third kappa shape index (κ3) is 2.84. The number of alkyl halides is 3. The van der Waals surface area contributed by atoms with E-state index < -0.39 is 23.7 Å². The summed E-state index contributed by atoms with van der Waals surface area (Å²) in [5.41, 5.74) is 1.32. The van der Waals surface area contributed by atoms with Crippen molar-refractivity contribution in [2.75, 3.05) is 0 Å². The van der Waals surface area contributed by atoms with Crippen molar-refractivity contribution in [3.05, 3.63) is 47.0 Å². The second kappa shape index (κ2) is 5.63. The van der Waals surface area contributed by atoms with E-state index in [9.17, 15) is 18.0 Å². The summed E-state index contributed by atoms with van der Waals surface area (Å²) in [4.78, 5) is 11.7. The van der Waals surface area contributed by atoms with Gasteiger partial charge in [0.2, 0.25) is 5.91 Å². The Balaban J connectivity index is 2.26. The summed E-state index contributed by atoms with van der Waals surface area (Å²) in [5.74, 6) is -0.439. The van der Waals surface area contributed by atoms with Gasteiger partial charge in [-0.15, -0.1) is 0 Å². The van der Waals surface area contributed by atoms with E-state index in [1.807, 2.05) is 0 Å².